The van der Waals surface area contributed by atoms with Crippen LogP contribution in [0, 0.1) is 0 Å². The van der Waals surface area contributed by atoms with Crippen molar-refractivity contribution >= 4 is 17.8 Å². The average Bonchev–Trinajstić information content (AvgIpc) is 2.70. The highest BCUT2D eigenvalue weighted by Crippen LogP contribution is 2.17. The second-order valence-corrected chi connectivity index (χ2v) is 5.68. The van der Waals surface area contributed by atoms with Gasteiger partial charge in [-0.05, 0) is 6.42 Å². The van der Waals surface area contributed by atoms with Crippen LogP contribution < -0.4 is 5.32 Å². The zero-order valence-corrected chi connectivity index (χ0v) is 9.89. The molecule has 2 atom stereocenters. The summed E-state index contributed by atoms with van der Waals surface area (Å²) in [6, 6.07) is 0.306. The fourth-order valence-corrected chi connectivity index (χ4v) is 2.93. The molecule has 0 spiro atoms. The first-order chi connectivity index (χ1) is 7.25. The third-order valence-electron chi connectivity index (χ3n) is 2.79. The van der Waals surface area contributed by atoms with Crippen molar-refractivity contribution in [3.63, 3.8) is 0 Å². The molecule has 15 heavy (non-hydrogen) atoms. The first-order valence-corrected chi connectivity index (χ1v) is 6.55. The third-order valence-corrected chi connectivity index (χ3v) is 3.92. The Morgan fingerprint density at radius 3 is 3.13 bits per heavy atom. The van der Waals surface area contributed by atoms with E-state index >= 15 is 0 Å². The summed E-state index contributed by atoms with van der Waals surface area (Å²) in [5.41, 5.74) is 0. The van der Waals surface area contributed by atoms with Gasteiger partial charge in [-0.2, -0.15) is 11.8 Å². The number of ether oxygens (including phenoxy) is 1. The Kier molecular flexibility index (Phi) is 3.75. The van der Waals surface area contributed by atoms with Gasteiger partial charge in [0, 0.05) is 30.7 Å². The summed E-state index contributed by atoms with van der Waals surface area (Å²) in [7, 11) is 0. The van der Waals surface area contributed by atoms with Crippen molar-refractivity contribution in [3.05, 3.63) is 0 Å². The number of carbonyl (C=O) groups is 1. The van der Waals surface area contributed by atoms with Gasteiger partial charge in [0.2, 0.25) is 0 Å². The summed E-state index contributed by atoms with van der Waals surface area (Å²) in [5, 5.41) is 3.58. The van der Waals surface area contributed by atoms with Crippen molar-refractivity contribution in [2.24, 2.45) is 0 Å². The minimum atomic E-state index is 0.0812. The summed E-state index contributed by atoms with van der Waals surface area (Å²) in [6.07, 6.45) is 0.948. The van der Waals surface area contributed by atoms with E-state index in [2.05, 4.69) is 12.2 Å². The van der Waals surface area contributed by atoms with E-state index in [-0.39, 0.29) is 12.1 Å². The third kappa shape index (κ3) is 3.01. The maximum atomic E-state index is 11.8. The number of nitrogens with one attached hydrogen (secondary N) is 1. The number of hydrogen-bond donors (Lipinski definition) is 1. The number of thioether (sulfide) groups is 1. The quantitative estimate of drug-likeness (QED) is 0.728. The van der Waals surface area contributed by atoms with E-state index in [0.29, 0.717) is 11.9 Å². The van der Waals surface area contributed by atoms with E-state index in [0.717, 1.165) is 31.9 Å². The zero-order valence-electron chi connectivity index (χ0n) is 9.07. The number of amides is 2. The molecule has 0 aromatic carbocycles. The Morgan fingerprint density at radius 1 is 1.60 bits per heavy atom. The molecule has 0 bridgehead atoms. The second kappa shape index (κ2) is 5.07. The van der Waals surface area contributed by atoms with E-state index in [4.69, 9.17) is 4.74 Å². The molecule has 2 unspecified atom stereocenters. The van der Waals surface area contributed by atoms with Crippen LogP contribution >= 0.6 is 11.8 Å². The number of hydrogen-bond acceptors (Lipinski definition) is 3. The fourth-order valence-electron chi connectivity index (χ4n) is 1.92. The van der Waals surface area contributed by atoms with Crippen LogP contribution in [0.3, 0.4) is 0 Å². The van der Waals surface area contributed by atoms with E-state index < -0.39 is 0 Å². The second-order valence-electron chi connectivity index (χ2n) is 4.14. The molecule has 0 aromatic heterocycles. The number of nitrogens with zero attached hydrogens (tertiary/aromatic N) is 1. The SMILES string of the molecule is CC1CN(C(=O)NC2CCOC2)CCS1. The predicted octanol–water partition coefficient (Wildman–Crippen LogP) is 0.922. The van der Waals surface area contributed by atoms with Gasteiger partial charge in [-0.1, -0.05) is 6.92 Å². The molecule has 1 N–H and O–H groups in total. The van der Waals surface area contributed by atoms with Crippen LogP contribution in [0.1, 0.15) is 13.3 Å². The van der Waals surface area contributed by atoms with E-state index in [1.54, 1.807) is 0 Å². The van der Waals surface area contributed by atoms with Gasteiger partial charge < -0.3 is 15.0 Å². The Bertz CT molecular complexity index is 231. The molecule has 2 aliphatic heterocycles. The first kappa shape index (κ1) is 11.1. The van der Waals surface area contributed by atoms with Crippen molar-refractivity contribution in [3.8, 4) is 0 Å². The average molecular weight is 230 g/mol. The van der Waals surface area contributed by atoms with Crippen molar-refractivity contribution < 1.29 is 9.53 Å². The Labute approximate surface area is 94.7 Å². The molecule has 0 radical (unpaired) electrons. The van der Waals surface area contributed by atoms with Gasteiger partial charge in [0.25, 0.3) is 0 Å². The first-order valence-electron chi connectivity index (χ1n) is 5.50. The Morgan fingerprint density at radius 2 is 2.47 bits per heavy atom. The molecule has 0 aromatic rings. The Hall–Kier alpha value is -0.420. The monoisotopic (exact) mass is 230 g/mol. The summed E-state index contributed by atoms with van der Waals surface area (Å²) < 4.78 is 5.23. The number of rotatable bonds is 1. The maximum absolute atomic E-state index is 11.8. The normalized spacial score (nSPS) is 31.7. The lowest BCUT2D eigenvalue weighted by atomic mass is 10.3. The molecule has 2 saturated heterocycles. The summed E-state index contributed by atoms with van der Waals surface area (Å²) in [6.45, 7) is 5.35. The highest BCUT2D eigenvalue weighted by molar-refractivity contribution is 7.99. The van der Waals surface area contributed by atoms with Crippen LogP contribution in [0.15, 0.2) is 0 Å². The summed E-state index contributed by atoms with van der Waals surface area (Å²) in [5.74, 6) is 1.05. The summed E-state index contributed by atoms with van der Waals surface area (Å²) in [4.78, 5) is 13.8. The lowest BCUT2D eigenvalue weighted by molar-refractivity contribution is 0.179. The molecule has 5 heteroatoms. The van der Waals surface area contributed by atoms with Gasteiger partial charge >= 0.3 is 6.03 Å². The number of carbonyl (C=O) groups excluding carboxylic acids is 1. The maximum Gasteiger partial charge on any atom is 0.317 e. The molecule has 0 saturated carbocycles. The largest absolute Gasteiger partial charge is 0.379 e. The molecule has 2 rings (SSSR count). The highest BCUT2D eigenvalue weighted by atomic mass is 32.2. The highest BCUT2D eigenvalue weighted by Gasteiger charge is 2.24. The van der Waals surface area contributed by atoms with Crippen LogP contribution in [0.5, 0.6) is 0 Å². The topological polar surface area (TPSA) is 41.6 Å². The zero-order chi connectivity index (χ0) is 10.7. The smallest absolute Gasteiger partial charge is 0.317 e. The van der Waals surface area contributed by atoms with Crippen molar-refractivity contribution in [2.75, 3.05) is 32.1 Å². The fraction of sp³-hybridized carbons (Fsp3) is 0.900. The van der Waals surface area contributed by atoms with Crippen LogP contribution in [-0.2, 0) is 4.74 Å². The molecule has 2 aliphatic rings. The van der Waals surface area contributed by atoms with E-state index in [1.165, 1.54) is 0 Å². The predicted molar refractivity (Wildman–Crippen MR) is 61.2 cm³/mol. The molecule has 2 fully saturated rings. The van der Waals surface area contributed by atoms with Gasteiger partial charge in [-0.15, -0.1) is 0 Å². The van der Waals surface area contributed by atoms with Crippen molar-refractivity contribution in [1.82, 2.24) is 10.2 Å². The van der Waals surface area contributed by atoms with Gasteiger partial charge in [0.05, 0.1) is 12.6 Å². The van der Waals surface area contributed by atoms with Crippen LogP contribution in [0.2, 0.25) is 0 Å². The van der Waals surface area contributed by atoms with Gasteiger partial charge in [-0.25, -0.2) is 4.79 Å². The molecule has 4 nitrogen and oxygen atoms in total. The molecule has 2 amide bonds. The van der Waals surface area contributed by atoms with Gasteiger partial charge in [0.1, 0.15) is 0 Å². The molecule has 86 valence electrons. The Balaban J connectivity index is 1.78. The van der Waals surface area contributed by atoms with E-state index in [9.17, 15) is 4.79 Å². The summed E-state index contributed by atoms with van der Waals surface area (Å²) >= 11 is 1.94. The van der Waals surface area contributed by atoms with E-state index in [1.807, 2.05) is 16.7 Å². The molecular weight excluding hydrogens is 212 g/mol. The van der Waals surface area contributed by atoms with Crippen LogP contribution in [0.25, 0.3) is 0 Å². The minimum Gasteiger partial charge on any atom is -0.379 e. The minimum absolute atomic E-state index is 0.0812. The molecule has 2 heterocycles. The van der Waals surface area contributed by atoms with Crippen molar-refractivity contribution in [1.29, 1.82) is 0 Å². The molecule has 0 aliphatic carbocycles. The standard InChI is InChI=1S/C10H18N2O2S/c1-8-6-12(3-5-15-8)10(13)11-9-2-4-14-7-9/h8-9H,2-7H2,1H3,(H,11,13). The van der Waals surface area contributed by atoms with Crippen LogP contribution in [-0.4, -0.2) is 54.3 Å². The lowest BCUT2D eigenvalue weighted by Crippen LogP contribution is -2.49. The van der Waals surface area contributed by atoms with Gasteiger partial charge in [0.15, 0.2) is 0 Å². The van der Waals surface area contributed by atoms with Crippen LogP contribution in [0.4, 0.5) is 4.79 Å². The lowest BCUT2D eigenvalue weighted by Gasteiger charge is -2.31. The number of urea groups is 1. The van der Waals surface area contributed by atoms with Crippen molar-refractivity contribution in [2.45, 2.75) is 24.6 Å². The molecular formula is C10H18N2O2S. The van der Waals surface area contributed by atoms with Gasteiger partial charge in [-0.3, -0.25) is 0 Å².